The fourth-order valence-electron chi connectivity index (χ4n) is 4.13. The number of hydrogen-bond donors (Lipinski definition) is 2. The molecule has 7 nitrogen and oxygen atoms in total. The molecular weight excluding hydrogens is 370 g/mol. The third-order valence-electron chi connectivity index (χ3n) is 5.66. The summed E-state index contributed by atoms with van der Waals surface area (Å²) in [5, 5.41) is 5.89. The van der Waals surface area contributed by atoms with Crippen molar-refractivity contribution >= 4 is 23.6 Å². The van der Waals surface area contributed by atoms with E-state index in [-0.39, 0.29) is 17.9 Å². The molecule has 29 heavy (non-hydrogen) atoms. The van der Waals surface area contributed by atoms with Gasteiger partial charge in [0.05, 0.1) is 18.7 Å². The van der Waals surface area contributed by atoms with Gasteiger partial charge in [-0.25, -0.2) is 9.59 Å². The van der Waals surface area contributed by atoms with Crippen molar-refractivity contribution in [3.05, 3.63) is 41.1 Å². The summed E-state index contributed by atoms with van der Waals surface area (Å²) in [6.07, 6.45) is 4.80. The first-order chi connectivity index (χ1) is 14.0. The minimum Gasteiger partial charge on any atom is -0.466 e. The summed E-state index contributed by atoms with van der Waals surface area (Å²) in [6.45, 7) is 4.25. The molecular formula is C22H29N3O4. The van der Waals surface area contributed by atoms with Crippen LogP contribution in [0.15, 0.2) is 35.5 Å². The SMILES string of the molecule is CCCN1C(=O)N[C@@H](c2cccc(NC(=O)C3CCCC3)c2)C(C(=O)OC)=C1C. The molecule has 2 N–H and O–H groups in total. The highest BCUT2D eigenvalue weighted by atomic mass is 16.5. The van der Waals surface area contributed by atoms with Crippen molar-refractivity contribution in [1.82, 2.24) is 10.2 Å². The Labute approximate surface area is 171 Å². The van der Waals surface area contributed by atoms with Gasteiger partial charge < -0.3 is 15.4 Å². The quantitative estimate of drug-likeness (QED) is 0.714. The fraction of sp³-hybridized carbons (Fsp3) is 0.500. The molecule has 0 radical (unpaired) electrons. The van der Waals surface area contributed by atoms with Crippen LogP contribution in [0.3, 0.4) is 0 Å². The van der Waals surface area contributed by atoms with Crippen LogP contribution in [0, 0.1) is 5.92 Å². The summed E-state index contributed by atoms with van der Waals surface area (Å²) in [4.78, 5) is 39.2. The largest absolute Gasteiger partial charge is 0.466 e. The van der Waals surface area contributed by atoms with E-state index in [1.807, 2.05) is 31.2 Å². The first kappa shape index (κ1) is 20.9. The van der Waals surface area contributed by atoms with Crippen molar-refractivity contribution in [2.45, 2.75) is 52.0 Å². The van der Waals surface area contributed by atoms with Gasteiger partial charge in [-0.05, 0) is 43.9 Å². The predicted molar refractivity (Wildman–Crippen MR) is 110 cm³/mol. The molecule has 7 heteroatoms. The van der Waals surface area contributed by atoms with E-state index in [2.05, 4.69) is 10.6 Å². The van der Waals surface area contributed by atoms with Crippen molar-refractivity contribution in [2.24, 2.45) is 5.92 Å². The Balaban J connectivity index is 1.90. The molecule has 156 valence electrons. The molecule has 1 aliphatic heterocycles. The maximum Gasteiger partial charge on any atom is 0.337 e. The number of allylic oxidation sites excluding steroid dienone is 1. The summed E-state index contributed by atoms with van der Waals surface area (Å²) in [7, 11) is 1.33. The van der Waals surface area contributed by atoms with Crippen LogP contribution in [0.4, 0.5) is 10.5 Å². The van der Waals surface area contributed by atoms with E-state index < -0.39 is 12.0 Å². The number of hydrogen-bond acceptors (Lipinski definition) is 4. The highest BCUT2D eigenvalue weighted by Crippen LogP contribution is 2.33. The molecule has 1 atom stereocenters. The van der Waals surface area contributed by atoms with Gasteiger partial charge in [0.15, 0.2) is 0 Å². The number of amides is 3. The van der Waals surface area contributed by atoms with E-state index in [1.54, 1.807) is 11.8 Å². The van der Waals surface area contributed by atoms with Crippen molar-refractivity contribution in [3.8, 4) is 0 Å². The molecule has 1 fully saturated rings. The number of nitrogens with one attached hydrogen (secondary N) is 2. The van der Waals surface area contributed by atoms with Crippen LogP contribution in [-0.4, -0.2) is 36.5 Å². The van der Waals surface area contributed by atoms with Crippen molar-refractivity contribution in [1.29, 1.82) is 0 Å². The first-order valence-electron chi connectivity index (χ1n) is 10.2. The van der Waals surface area contributed by atoms with Gasteiger partial charge in [0.2, 0.25) is 5.91 Å². The zero-order valence-electron chi connectivity index (χ0n) is 17.3. The van der Waals surface area contributed by atoms with E-state index in [1.165, 1.54) is 7.11 Å². The van der Waals surface area contributed by atoms with Crippen LogP contribution in [0.5, 0.6) is 0 Å². The van der Waals surface area contributed by atoms with Crippen LogP contribution in [-0.2, 0) is 14.3 Å². The monoisotopic (exact) mass is 399 g/mol. The first-order valence-corrected chi connectivity index (χ1v) is 10.2. The van der Waals surface area contributed by atoms with Crippen molar-refractivity contribution < 1.29 is 19.1 Å². The number of methoxy groups -OCH3 is 1. The van der Waals surface area contributed by atoms with Crippen molar-refractivity contribution in [2.75, 3.05) is 19.0 Å². The lowest BCUT2D eigenvalue weighted by Gasteiger charge is -2.35. The number of esters is 1. The molecule has 1 aromatic carbocycles. The Kier molecular flexibility index (Phi) is 6.56. The molecule has 0 bridgehead atoms. The average Bonchev–Trinajstić information content (AvgIpc) is 3.25. The van der Waals surface area contributed by atoms with Gasteiger partial charge >= 0.3 is 12.0 Å². The second-order valence-corrected chi connectivity index (χ2v) is 7.62. The predicted octanol–water partition coefficient (Wildman–Crippen LogP) is 3.74. The maximum absolute atomic E-state index is 12.6. The minimum absolute atomic E-state index is 0.0290. The molecule has 0 saturated heterocycles. The van der Waals surface area contributed by atoms with Gasteiger partial charge in [-0.3, -0.25) is 9.69 Å². The van der Waals surface area contributed by atoms with E-state index in [9.17, 15) is 14.4 Å². The van der Waals surface area contributed by atoms with E-state index in [0.29, 0.717) is 23.5 Å². The number of urea groups is 1. The number of anilines is 1. The number of rotatable bonds is 6. The highest BCUT2D eigenvalue weighted by molar-refractivity contribution is 5.95. The Morgan fingerprint density at radius 3 is 2.66 bits per heavy atom. The highest BCUT2D eigenvalue weighted by Gasteiger charge is 2.36. The van der Waals surface area contributed by atoms with E-state index >= 15 is 0 Å². The van der Waals surface area contributed by atoms with Gasteiger partial charge in [-0.2, -0.15) is 0 Å². The lowest BCUT2D eigenvalue weighted by atomic mass is 9.94. The van der Waals surface area contributed by atoms with Gasteiger partial charge in [0.25, 0.3) is 0 Å². The van der Waals surface area contributed by atoms with Crippen LogP contribution in [0.1, 0.15) is 57.6 Å². The summed E-state index contributed by atoms with van der Waals surface area (Å²) in [5.41, 5.74) is 2.37. The zero-order valence-corrected chi connectivity index (χ0v) is 17.3. The van der Waals surface area contributed by atoms with Crippen LogP contribution >= 0.6 is 0 Å². The third-order valence-corrected chi connectivity index (χ3v) is 5.66. The molecule has 0 aromatic heterocycles. The number of carbonyl (C=O) groups is 3. The number of ether oxygens (including phenoxy) is 1. The molecule has 3 amide bonds. The normalized spacial score (nSPS) is 19.9. The number of carbonyl (C=O) groups excluding carboxylic acids is 3. The molecule has 1 saturated carbocycles. The fourth-order valence-corrected chi connectivity index (χ4v) is 4.13. The molecule has 2 aliphatic rings. The molecule has 1 aromatic rings. The Hall–Kier alpha value is -2.83. The lowest BCUT2D eigenvalue weighted by molar-refractivity contribution is -0.136. The average molecular weight is 399 g/mol. The molecule has 0 unspecified atom stereocenters. The van der Waals surface area contributed by atoms with Gasteiger partial charge in [-0.1, -0.05) is 31.9 Å². The Morgan fingerprint density at radius 1 is 1.28 bits per heavy atom. The summed E-state index contributed by atoms with van der Waals surface area (Å²) in [6, 6.07) is 6.40. The maximum atomic E-state index is 12.6. The number of benzene rings is 1. The van der Waals surface area contributed by atoms with E-state index in [4.69, 9.17) is 4.74 Å². The van der Waals surface area contributed by atoms with Crippen molar-refractivity contribution in [3.63, 3.8) is 0 Å². The van der Waals surface area contributed by atoms with Crippen LogP contribution in [0.25, 0.3) is 0 Å². The Bertz CT molecular complexity index is 827. The second-order valence-electron chi connectivity index (χ2n) is 7.62. The summed E-state index contributed by atoms with van der Waals surface area (Å²) >= 11 is 0. The molecule has 3 rings (SSSR count). The van der Waals surface area contributed by atoms with Crippen LogP contribution < -0.4 is 10.6 Å². The van der Waals surface area contributed by atoms with Gasteiger partial charge in [-0.15, -0.1) is 0 Å². The summed E-state index contributed by atoms with van der Waals surface area (Å²) in [5.74, 6) is -0.390. The second kappa shape index (κ2) is 9.11. The smallest absolute Gasteiger partial charge is 0.337 e. The Morgan fingerprint density at radius 2 is 2.00 bits per heavy atom. The van der Waals surface area contributed by atoms with Crippen LogP contribution in [0.2, 0.25) is 0 Å². The number of nitrogens with zero attached hydrogens (tertiary/aromatic N) is 1. The van der Waals surface area contributed by atoms with Gasteiger partial charge in [0, 0.05) is 23.8 Å². The van der Waals surface area contributed by atoms with E-state index in [0.717, 1.165) is 37.7 Å². The summed E-state index contributed by atoms with van der Waals surface area (Å²) < 4.78 is 4.99. The molecule has 0 spiro atoms. The zero-order chi connectivity index (χ0) is 21.0. The topological polar surface area (TPSA) is 87.7 Å². The minimum atomic E-state index is -0.633. The molecule has 1 heterocycles. The standard InChI is InChI=1S/C22H29N3O4/c1-4-12-25-14(2)18(21(27)29-3)19(24-22(25)28)16-10-7-11-17(13-16)23-20(26)15-8-5-6-9-15/h7,10-11,13,15,19H,4-6,8-9,12H2,1-3H3,(H,23,26)(H,24,28)/t19-/m0/s1. The van der Waals surface area contributed by atoms with Gasteiger partial charge in [0.1, 0.15) is 0 Å². The molecule has 1 aliphatic carbocycles. The third kappa shape index (κ3) is 4.44. The lowest BCUT2D eigenvalue weighted by Crippen LogP contribution is -2.48.